The Morgan fingerprint density at radius 1 is 1.47 bits per heavy atom. The molecule has 0 fully saturated rings. The van der Waals surface area contributed by atoms with E-state index in [2.05, 4.69) is 0 Å². The van der Waals surface area contributed by atoms with Crippen LogP contribution in [0.25, 0.3) is 10.9 Å². The van der Waals surface area contributed by atoms with E-state index in [1.165, 1.54) is 6.20 Å². The number of aliphatic hydroxyl groups is 1. The molecule has 1 aromatic heterocycles. The Kier molecular flexibility index (Phi) is 3.09. The van der Waals surface area contributed by atoms with E-state index >= 15 is 0 Å². The molecule has 0 atom stereocenters. The molecule has 0 saturated heterocycles. The van der Waals surface area contributed by atoms with Gasteiger partial charge >= 0.3 is 5.97 Å². The lowest BCUT2D eigenvalue weighted by molar-refractivity contribution is 0.0698. The number of carboxylic acids is 1. The minimum Gasteiger partial charge on any atom is -0.478 e. The molecular weight excluding hydrogens is 242 g/mol. The number of rotatable bonds is 3. The molecule has 4 nitrogen and oxygen atoms in total. The summed E-state index contributed by atoms with van der Waals surface area (Å²) in [6, 6.07) is 3.39. The zero-order chi connectivity index (χ0) is 12.6. The zero-order valence-electron chi connectivity index (χ0n) is 9.27. The van der Waals surface area contributed by atoms with Crippen molar-refractivity contribution >= 4 is 28.5 Å². The predicted octanol–water partition coefficient (Wildman–Crippen LogP) is 2.29. The molecule has 2 N–H and O–H groups in total. The van der Waals surface area contributed by atoms with Crippen molar-refractivity contribution in [1.29, 1.82) is 0 Å². The van der Waals surface area contributed by atoms with Crippen molar-refractivity contribution in [3.63, 3.8) is 0 Å². The molecule has 2 rings (SSSR count). The van der Waals surface area contributed by atoms with Crippen molar-refractivity contribution in [2.75, 3.05) is 6.61 Å². The van der Waals surface area contributed by atoms with E-state index in [1.54, 1.807) is 16.7 Å². The first-order valence-corrected chi connectivity index (χ1v) is 5.56. The van der Waals surface area contributed by atoms with Crippen LogP contribution in [0.2, 0.25) is 5.02 Å². The largest absolute Gasteiger partial charge is 0.478 e. The van der Waals surface area contributed by atoms with Gasteiger partial charge in [-0.25, -0.2) is 4.79 Å². The number of aryl methyl sites for hydroxylation is 1. The lowest BCUT2D eigenvalue weighted by Gasteiger charge is -2.06. The fourth-order valence-corrected chi connectivity index (χ4v) is 2.16. The molecule has 0 spiro atoms. The highest BCUT2D eigenvalue weighted by molar-refractivity contribution is 6.32. The number of nitrogens with zero attached hydrogens (tertiary/aromatic N) is 1. The third-order valence-corrected chi connectivity index (χ3v) is 3.21. The van der Waals surface area contributed by atoms with Crippen molar-refractivity contribution in [2.45, 2.75) is 13.5 Å². The minimum absolute atomic E-state index is 0.0468. The fourth-order valence-electron chi connectivity index (χ4n) is 2.01. The average Bonchev–Trinajstić information content (AvgIpc) is 2.64. The van der Waals surface area contributed by atoms with Crippen molar-refractivity contribution in [3.8, 4) is 0 Å². The maximum Gasteiger partial charge on any atom is 0.337 e. The summed E-state index contributed by atoms with van der Waals surface area (Å²) in [6.07, 6.45) is 1.53. The van der Waals surface area contributed by atoms with Gasteiger partial charge in [-0.1, -0.05) is 17.7 Å². The van der Waals surface area contributed by atoms with E-state index < -0.39 is 5.97 Å². The normalized spacial score (nSPS) is 11.0. The molecular formula is C12H12ClNO3. The third kappa shape index (κ3) is 1.90. The first kappa shape index (κ1) is 12.0. The fraction of sp³-hybridized carbons (Fsp3) is 0.250. The van der Waals surface area contributed by atoms with E-state index in [4.69, 9.17) is 21.8 Å². The highest BCUT2D eigenvalue weighted by Crippen LogP contribution is 2.29. The molecule has 5 heteroatoms. The van der Waals surface area contributed by atoms with Crippen molar-refractivity contribution in [1.82, 2.24) is 4.57 Å². The molecule has 0 bridgehead atoms. The Bertz CT molecular complexity index is 589. The van der Waals surface area contributed by atoms with Gasteiger partial charge in [-0.2, -0.15) is 0 Å². The van der Waals surface area contributed by atoms with Crippen molar-refractivity contribution in [3.05, 3.63) is 34.5 Å². The van der Waals surface area contributed by atoms with Crippen LogP contribution in [0.15, 0.2) is 18.3 Å². The second-order valence-electron chi connectivity index (χ2n) is 3.83. The van der Waals surface area contributed by atoms with Gasteiger partial charge in [0.15, 0.2) is 0 Å². The van der Waals surface area contributed by atoms with Gasteiger partial charge in [0.1, 0.15) is 0 Å². The smallest absolute Gasteiger partial charge is 0.337 e. The zero-order valence-corrected chi connectivity index (χ0v) is 10.0. The van der Waals surface area contributed by atoms with Crippen molar-refractivity contribution in [2.24, 2.45) is 0 Å². The minimum atomic E-state index is -0.978. The quantitative estimate of drug-likeness (QED) is 0.882. The van der Waals surface area contributed by atoms with E-state index in [1.807, 2.05) is 6.92 Å². The van der Waals surface area contributed by atoms with Gasteiger partial charge in [0.2, 0.25) is 0 Å². The summed E-state index contributed by atoms with van der Waals surface area (Å²) >= 11 is 6.03. The number of aromatic carboxylic acids is 1. The molecule has 0 amide bonds. The van der Waals surface area contributed by atoms with E-state index in [0.717, 1.165) is 11.1 Å². The van der Waals surface area contributed by atoms with Crippen molar-refractivity contribution < 1.29 is 15.0 Å². The third-order valence-electron chi connectivity index (χ3n) is 2.80. The number of aliphatic hydroxyl groups excluding tert-OH is 1. The summed E-state index contributed by atoms with van der Waals surface area (Å²) in [5.41, 5.74) is 1.82. The molecule has 0 unspecified atom stereocenters. The van der Waals surface area contributed by atoms with Crippen LogP contribution in [-0.4, -0.2) is 27.4 Å². The van der Waals surface area contributed by atoms with Gasteiger partial charge in [-0.05, 0) is 18.6 Å². The molecule has 2 aromatic rings. The summed E-state index contributed by atoms with van der Waals surface area (Å²) in [5.74, 6) is -0.978. The van der Waals surface area contributed by atoms with E-state index in [-0.39, 0.29) is 12.2 Å². The number of benzene rings is 1. The van der Waals surface area contributed by atoms with E-state index in [9.17, 15) is 4.79 Å². The SMILES string of the molecule is Cc1c(Cl)ccc2c(C(=O)O)cn(CCO)c12. The molecule has 1 aromatic carbocycles. The highest BCUT2D eigenvalue weighted by atomic mass is 35.5. The Morgan fingerprint density at radius 2 is 2.18 bits per heavy atom. The molecule has 1 heterocycles. The molecule has 90 valence electrons. The maximum atomic E-state index is 11.1. The van der Waals surface area contributed by atoms with Crippen LogP contribution in [0.4, 0.5) is 0 Å². The summed E-state index contributed by atoms with van der Waals surface area (Å²) in [4.78, 5) is 11.1. The molecule has 0 radical (unpaired) electrons. The summed E-state index contributed by atoms with van der Waals surface area (Å²) in [6.45, 7) is 2.14. The van der Waals surface area contributed by atoms with Gasteiger partial charge < -0.3 is 14.8 Å². The second kappa shape index (κ2) is 4.39. The van der Waals surface area contributed by atoms with Crippen LogP contribution in [0, 0.1) is 6.92 Å². The maximum absolute atomic E-state index is 11.1. The Morgan fingerprint density at radius 3 is 2.76 bits per heavy atom. The van der Waals surface area contributed by atoms with Gasteiger partial charge in [-0.3, -0.25) is 0 Å². The number of aromatic nitrogens is 1. The number of hydrogen-bond acceptors (Lipinski definition) is 2. The van der Waals surface area contributed by atoms with Crippen LogP contribution >= 0.6 is 11.6 Å². The Hall–Kier alpha value is -1.52. The van der Waals surface area contributed by atoms with Crippen LogP contribution in [0.5, 0.6) is 0 Å². The molecule has 0 aliphatic rings. The molecule has 0 aliphatic heterocycles. The second-order valence-corrected chi connectivity index (χ2v) is 4.24. The Labute approximate surface area is 103 Å². The predicted molar refractivity (Wildman–Crippen MR) is 65.7 cm³/mol. The highest BCUT2D eigenvalue weighted by Gasteiger charge is 2.16. The van der Waals surface area contributed by atoms with Gasteiger partial charge in [0.25, 0.3) is 0 Å². The number of halogens is 1. The van der Waals surface area contributed by atoms with Crippen LogP contribution in [0.1, 0.15) is 15.9 Å². The first-order chi connectivity index (χ1) is 8.06. The van der Waals surface area contributed by atoms with Gasteiger partial charge in [-0.15, -0.1) is 0 Å². The van der Waals surface area contributed by atoms with Crippen LogP contribution in [0.3, 0.4) is 0 Å². The number of hydrogen-bond donors (Lipinski definition) is 2. The topological polar surface area (TPSA) is 62.5 Å². The molecule has 17 heavy (non-hydrogen) atoms. The van der Waals surface area contributed by atoms with Gasteiger partial charge in [0, 0.05) is 23.2 Å². The standard InChI is InChI=1S/C12H12ClNO3/c1-7-10(13)3-2-8-9(12(16)17)6-14(4-5-15)11(7)8/h2-3,6,15H,4-5H2,1H3,(H,16,17). The van der Waals surface area contributed by atoms with Gasteiger partial charge in [0.05, 0.1) is 17.7 Å². The summed E-state index contributed by atoms with van der Waals surface area (Å²) < 4.78 is 1.72. The monoisotopic (exact) mass is 253 g/mol. The lowest BCUT2D eigenvalue weighted by Crippen LogP contribution is -2.01. The summed E-state index contributed by atoms with van der Waals surface area (Å²) in [7, 11) is 0. The Balaban J connectivity index is 2.81. The lowest BCUT2D eigenvalue weighted by atomic mass is 10.1. The average molecular weight is 254 g/mol. The number of carbonyl (C=O) groups is 1. The summed E-state index contributed by atoms with van der Waals surface area (Å²) in [5, 5.41) is 19.3. The van der Waals surface area contributed by atoms with Crippen LogP contribution < -0.4 is 0 Å². The van der Waals surface area contributed by atoms with E-state index in [0.29, 0.717) is 17.0 Å². The molecule has 0 saturated carbocycles. The first-order valence-electron chi connectivity index (χ1n) is 5.18. The number of carboxylic acid groups (broad SMARTS) is 1. The molecule has 0 aliphatic carbocycles. The van der Waals surface area contributed by atoms with Crippen LogP contribution in [-0.2, 0) is 6.54 Å². The number of fused-ring (bicyclic) bond motifs is 1.